The number of methoxy groups -OCH3 is 1. The lowest BCUT2D eigenvalue weighted by Gasteiger charge is -2.06. The minimum absolute atomic E-state index is 0.0355. The molecule has 6 heteroatoms. The molecule has 0 saturated heterocycles. The highest BCUT2D eigenvalue weighted by Crippen LogP contribution is 2.22. The summed E-state index contributed by atoms with van der Waals surface area (Å²) >= 11 is 5.59. The third-order valence-electron chi connectivity index (χ3n) is 1.72. The van der Waals surface area contributed by atoms with E-state index in [-0.39, 0.29) is 10.8 Å². The SMILES string of the molecule is COc1ccc(S(N)(=O)=O)c(CCl)c1. The van der Waals surface area contributed by atoms with Crippen molar-refractivity contribution in [2.24, 2.45) is 5.14 Å². The van der Waals surface area contributed by atoms with Crippen molar-refractivity contribution in [2.75, 3.05) is 7.11 Å². The molecule has 0 aliphatic carbocycles. The Hall–Kier alpha value is -0.780. The smallest absolute Gasteiger partial charge is 0.238 e. The van der Waals surface area contributed by atoms with Crippen LogP contribution in [0.25, 0.3) is 0 Å². The highest BCUT2D eigenvalue weighted by atomic mass is 35.5. The molecule has 0 fully saturated rings. The molecule has 1 aromatic rings. The molecule has 0 aliphatic rings. The molecular formula is C8H10ClNO3S. The lowest BCUT2D eigenvalue weighted by Crippen LogP contribution is -2.14. The summed E-state index contributed by atoms with van der Waals surface area (Å²) in [5, 5.41) is 5.00. The molecule has 4 nitrogen and oxygen atoms in total. The molecule has 0 atom stereocenters. The van der Waals surface area contributed by atoms with Gasteiger partial charge in [-0.1, -0.05) is 0 Å². The van der Waals surface area contributed by atoms with Crippen LogP contribution in [0.5, 0.6) is 5.75 Å². The van der Waals surface area contributed by atoms with E-state index in [0.717, 1.165) is 0 Å². The van der Waals surface area contributed by atoms with Gasteiger partial charge < -0.3 is 4.74 Å². The second-order valence-electron chi connectivity index (χ2n) is 2.65. The molecule has 0 unspecified atom stereocenters. The fourth-order valence-corrected chi connectivity index (χ4v) is 2.12. The molecule has 1 rings (SSSR count). The Labute approximate surface area is 87.7 Å². The predicted octanol–water partition coefficient (Wildman–Crippen LogP) is 1.08. The predicted molar refractivity (Wildman–Crippen MR) is 53.9 cm³/mol. The van der Waals surface area contributed by atoms with E-state index in [2.05, 4.69) is 0 Å². The first-order valence-electron chi connectivity index (χ1n) is 3.74. The van der Waals surface area contributed by atoms with Crippen molar-refractivity contribution in [1.82, 2.24) is 0 Å². The van der Waals surface area contributed by atoms with Gasteiger partial charge in [0.1, 0.15) is 5.75 Å². The van der Waals surface area contributed by atoms with Crippen molar-refractivity contribution in [3.8, 4) is 5.75 Å². The van der Waals surface area contributed by atoms with Crippen LogP contribution in [-0.2, 0) is 15.9 Å². The average molecular weight is 236 g/mol. The van der Waals surface area contributed by atoms with Crippen LogP contribution in [0.15, 0.2) is 23.1 Å². The maximum Gasteiger partial charge on any atom is 0.238 e. The molecule has 0 heterocycles. The summed E-state index contributed by atoms with van der Waals surface area (Å²) in [5.74, 6) is 0.622. The molecular weight excluding hydrogens is 226 g/mol. The van der Waals surface area contributed by atoms with Crippen molar-refractivity contribution in [3.05, 3.63) is 23.8 Å². The number of hydrogen-bond donors (Lipinski definition) is 1. The Morgan fingerprint density at radius 2 is 2.14 bits per heavy atom. The van der Waals surface area contributed by atoms with Crippen LogP contribution in [0.1, 0.15) is 5.56 Å². The zero-order valence-electron chi connectivity index (χ0n) is 7.53. The Morgan fingerprint density at radius 1 is 1.50 bits per heavy atom. The summed E-state index contributed by atoms with van der Waals surface area (Å²) in [6, 6.07) is 4.45. The molecule has 78 valence electrons. The fraction of sp³-hybridized carbons (Fsp3) is 0.250. The number of rotatable bonds is 3. The third kappa shape index (κ3) is 2.37. The summed E-state index contributed by atoms with van der Waals surface area (Å²) < 4.78 is 27.1. The normalized spacial score (nSPS) is 11.4. The lowest BCUT2D eigenvalue weighted by atomic mass is 10.2. The number of ether oxygens (including phenoxy) is 1. The highest BCUT2D eigenvalue weighted by molar-refractivity contribution is 7.89. The molecule has 0 aliphatic heterocycles. The largest absolute Gasteiger partial charge is 0.497 e. The van der Waals surface area contributed by atoms with Gasteiger partial charge in [-0.05, 0) is 23.8 Å². The van der Waals surface area contributed by atoms with Crippen LogP contribution in [0.3, 0.4) is 0 Å². The summed E-state index contributed by atoms with van der Waals surface area (Å²) in [4.78, 5) is 0.0355. The molecule has 0 aromatic heterocycles. The van der Waals surface area contributed by atoms with E-state index in [1.807, 2.05) is 0 Å². The highest BCUT2D eigenvalue weighted by Gasteiger charge is 2.13. The van der Waals surface area contributed by atoms with Gasteiger partial charge in [-0.3, -0.25) is 0 Å². The Kier molecular flexibility index (Phi) is 3.36. The number of benzene rings is 1. The van der Waals surface area contributed by atoms with E-state index in [9.17, 15) is 8.42 Å². The van der Waals surface area contributed by atoms with E-state index in [1.165, 1.54) is 19.2 Å². The van der Waals surface area contributed by atoms with Crippen LogP contribution in [0.2, 0.25) is 0 Å². The number of sulfonamides is 1. The first-order valence-corrected chi connectivity index (χ1v) is 5.83. The average Bonchev–Trinajstić information content (AvgIpc) is 2.15. The number of alkyl halides is 1. The zero-order chi connectivity index (χ0) is 10.8. The van der Waals surface area contributed by atoms with Crippen LogP contribution >= 0.6 is 11.6 Å². The maximum absolute atomic E-state index is 11.1. The van der Waals surface area contributed by atoms with E-state index >= 15 is 0 Å². The van der Waals surface area contributed by atoms with Crippen LogP contribution in [0, 0.1) is 0 Å². The van der Waals surface area contributed by atoms with Gasteiger partial charge >= 0.3 is 0 Å². The van der Waals surface area contributed by atoms with Gasteiger partial charge in [0.2, 0.25) is 10.0 Å². The van der Waals surface area contributed by atoms with E-state index in [0.29, 0.717) is 11.3 Å². The van der Waals surface area contributed by atoms with Gasteiger partial charge in [0.25, 0.3) is 0 Å². The summed E-state index contributed by atoms with van der Waals surface area (Å²) in [6.07, 6.45) is 0. The Balaban J connectivity index is 3.33. The summed E-state index contributed by atoms with van der Waals surface area (Å²) in [6.45, 7) is 0. The fourth-order valence-electron chi connectivity index (χ4n) is 1.06. The van der Waals surface area contributed by atoms with Gasteiger partial charge in [-0.2, -0.15) is 0 Å². The van der Waals surface area contributed by atoms with E-state index in [1.54, 1.807) is 6.07 Å². The van der Waals surface area contributed by atoms with Gasteiger partial charge in [0.15, 0.2) is 0 Å². The molecule has 0 radical (unpaired) electrons. The monoisotopic (exact) mass is 235 g/mol. The van der Waals surface area contributed by atoms with Crippen molar-refractivity contribution in [2.45, 2.75) is 10.8 Å². The molecule has 2 N–H and O–H groups in total. The first-order chi connectivity index (χ1) is 6.49. The van der Waals surface area contributed by atoms with E-state index in [4.69, 9.17) is 21.5 Å². The van der Waals surface area contributed by atoms with Crippen molar-refractivity contribution >= 4 is 21.6 Å². The summed E-state index contributed by atoms with van der Waals surface area (Å²) in [7, 11) is -2.22. The van der Waals surface area contributed by atoms with Crippen LogP contribution in [-0.4, -0.2) is 15.5 Å². The second kappa shape index (κ2) is 4.16. The minimum atomic E-state index is -3.71. The standard InChI is InChI=1S/C8H10ClNO3S/c1-13-7-2-3-8(14(10,11)12)6(4-7)5-9/h2-4H,5H2,1H3,(H2,10,11,12). The van der Waals surface area contributed by atoms with Crippen molar-refractivity contribution < 1.29 is 13.2 Å². The molecule has 0 saturated carbocycles. The number of halogens is 1. The maximum atomic E-state index is 11.1. The topological polar surface area (TPSA) is 69.4 Å². The molecule has 1 aromatic carbocycles. The van der Waals surface area contributed by atoms with Gasteiger partial charge in [-0.25, -0.2) is 13.6 Å². The first kappa shape index (κ1) is 11.3. The molecule has 0 amide bonds. The third-order valence-corrected chi connectivity index (χ3v) is 3.02. The zero-order valence-corrected chi connectivity index (χ0v) is 9.10. The lowest BCUT2D eigenvalue weighted by molar-refractivity contribution is 0.414. The number of nitrogens with two attached hydrogens (primary N) is 1. The molecule has 0 bridgehead atoms. The molecule has 14 heavy (non-hydrogen) atoms. The van der Waals surface area contributed by atoms with Gasteiger partial charge in [0, 0.05) is 5.88 Å². The van der Waals surface area contributed by atoms with Gasteiger partial charge in [-0.15, -0.1) is 11.6 Å². The number of primary sulfonamides is 1. The van der Waals surface area contributed by atoms with Crippen molar-refractivity contribution in [3.63, 3.8) is 0 Å². The summed E-state index contributed by atoms with van der Waals surface area (Å²) in [5.41, 5.74) is 0.438. The Bertz CT molecular complexity index is 430. The Morgan fingerprint density at radius 3 is 2.57 bits per heavy atom. The molecule has 0 spiro atoms. The quantitative estimate of drug-likeness (QED) is 0.798. The van der Waals surface area contributed by atoms with E-state index < -0.39 is 10.0 Å². The van der Waals surface area contributed by atoms with Crippen LogP contribution < -0.4 is 9.88 Å². The van der Waals surface area contributed by atoms with Gasteiger partial charge in [0.05, 0.1) is 12.0 Å². The van der Waals surface area contributed by atoms with Crippen LogP contribution in [0.4, 0.5) is 0 Å². The minimum Gasteiger partial charge on any atom is -0.497 e. The van der Waals surface area contributed by atoms with Crippen molar-refractivity contribution in [1.29, 1.82) is 0 Å². The number of hydrogen-bond acceptors (Lipinski definition) is 3. The second-order valence-corrected chi connectivity index (χ2v) is 4.45.